The molecule has 1 atom stereocenters. The summed E-state index contributed by atoms with van der Waals surface area (Å²) in [5, 5.41) is 2.87. The molecule has 24 heavy (non-hydrogen) atoms. The molecule has 5 heteroatoms. The van der Waals surface area contributed by atoms with Crippen LogP contribution in [-0.4, -0.2) is 18.6 Å². The van der Waals surface area contributed by atoms with Crippen molar-refractivity contribution in [3.05, 3.63) is 53.5 Å². The second kappa shape index (κ2) is 7.53. The molecule has 0 saturated heterocycles. The van der Waals surface area contributed by atoms with Gasteiger partial charge in [0.05, 0.1) is 18.2 Å². The van der Waals surface area contributed by atoms with E-state index in [1.807, 2.05) is 19.1 Å². The van der Waals surface area contributed by atoms with Crippen LogP contribution in [0.5, 0.6) is 5.75 Å². The molecule has 1 aromatic carbocycles. The predicted molar refractivity (Wildman–Crippen MR) is 94.2 cm³/mol. The summed E-state index contributed by atoms with van der Waals surface area (Å²) < 4.78 is 10.9. The zero-order valence-corrected chi connectivity index (χ0v) is 14.8. The van der Waals surface area contributed by atoms with Crippen molar-refractivity contribution in [3.8, 4) is 5.75 Å². The number of carbonyl (C=O) groups excluding carboxylic acids is 1. The van der Waals surface area contributed by atoms with Crippen molar-refractivity contribution in [2.75, 3.05) is 6.61 Å². The number of furan rings is 1. The average Bonchev–Trinajstić information content (AvgIpc) is 3.01. The van der Waals surface area contributed by atoms with E-state index in [4.69, 9.17) is 14.9 Å². The Labute approximate surface area is 143 Å². The lowest BCUT2D eigenvalue weighted by atomic mass is 9.87. The van der Waals surface area contributed by atoms with E-state index in [1.54, 1.807) is 6.07 Å². The maximum atomic E-state index is 12.1. The van der Waals surface area contributed by atoms with Crippen LogP contribution in [0.3, 0.4) is 0 Å². The Balaban J connectivity index is 1.84. The number of nitrogens with two attached hydrogens (primary N) is 1. The van der Waals surface area contributed by atoms with Crippen molar-refractivity contribution in [1.29, 1.82) is 0 Å². The van der Waals surface area contributed by atoms with Crippen molar-refractivity contribution in [2.24, 2.45) is 5.73 Å². The molecule has 5 nitrogen and oxygen atoms in total. The maximum Gasteiger partial charge on any atom is 0.254 e. The highest BCUT2D eigenvalue weighted by Crippen LogP contribution is 2.24. The fourth-order valence-electron chi connectivity index (χ4n) is 2.23. The number of benzene rings is 1. The van der Waals surface area contributed by atoms with Gasteiger partial charge in [-0.3, -0.25) is 4.79 Å². The SMILES string of the molecule is CC(COc1ccc(C(C)(C)C)cc1)NC(=O)c1coc(CN)c1. The third-order valence-corrected chi connectivity index (χ3v) is 3.71. The number of nitrogens with one attached hydrogen (secondary N) is 1. The van der Waals surface area contributed by atoms with Gasteiger partial charge < -0.3 is 20.2 Å². The molecular formula is C19H26N2O3. The predicted octanol–water partition coefficient (Wildman–Crippen LogP) is 3.23. The summed E-state index contributed by atoms with van der Waals surface area (Å²) in [7, 11) is 0. The third kappa shape index (κ3) is 4.86. The van der Waals surface area contributed by atoms with Crippen LogP contribution in [0.2, 0.25) is 0 Å². The molecule has 0 aliphatic carbocycles. The van der Waals surface area contributed by atoms with Crippen LogP contribution in [0.4, 0.5) is 0 Å². The minimum atomic E-state index is -0.197. The van der Waals surface area contributed by atoms with Gasteiger partial charge in [0.2, 0.25) is 0 Å². The van der Waals surface area contributed by atoms with Crippen LogP contribution in [0.25, 0.3) is 0 Å². The first kappa shape index (κ1) is 18.1. The van der Waals surface area contributed by atoms with E-state index in [-0.39, 0.29) is 23.9 Å². The Hall–Kier alpha value is -2.27. The number of hydrogen-bond acceptors (Lipinski definition) is 4. The van der Waals surface area contributed by atoms with Gasteiger partial charge in [0.25, 0.3) is 5.91 Å². The summed E-state index contributed by atoms with van der Waals surface area (Å²) in [5.41, 5.74) is 7.31. The van der Waals surface area contributed by atoms with Crippen molar-refractivity contribution < 1.29 is 13.9 Å². The molecule has 1 aromatic heterocycles. The van der Waals surface area contributed by atoms with Crippen molar-refractivity contribution in [3.63, 3.8) is 0 Å². The van der Waals surface area contributed by atoms with E-state index < -0.39 is 0 Å². The van der Waals surface area contributed by atoms with E-state index >= 15 is 0 Å². The Morgan fingerprint density at radius 2 is 1.96 bits per heavy atom. The zero-order chi connectivity index (χ0) is 17.7. The van der Waals surface area contributed by atoms with Crippen molar-refractivity contribution in [1.82, 2.24) is 5.32 Å². The number of rotatable bonds is 6. The van der Waals surface area contributed by atoms with Gasteiger partial charge >= 0.3 is 0 Å². The Morgan fingerprint density at radius 1 is 1.29 bits per heavy atom. The highest BCUT2D eigenvalue weighted by Gasteiger charge is 2.14. The standard InChI is InChI=1S/C19H26N2O3/c1-13(21-18(22)14-9-17(10-20)24-12-14)11-23-16-7-5-15(6-8-16)19(2,3)4/h5-9,12-13H,10-11,20H2,1-4H3,(H,21,22). The minimum Gasteiger partial charge on any atom is -0.491 e. The second-order valence-electron chi connectivity index (χ2n) is 6.97. The Kier molecular flexibility index (Phi) is 5.67. The molecule has 3 N–H and O–H groups in total. The molecule has 1 unspecified atom stereocenters. The first-order valence-corrected chi connectivity index (χ1v) is 8.11. The topological polar surface area (TPSA) is 77.5 Å². The Bertz CT molecular complexity index is 669. The highest BCUT2D eigenvalue weighted by atomic mass is 16.5. The molecule has 0 fully saturated rings. The molecule has 0 spiro atoms. The van der Waals surface area contributed by atoms with Crippen LogP contribution in [0.1, 0.15) is 49.4 Å². The van der Waals surface area contributed by atoms with Gasteiger partial charge in [-0.1, -0.05) is 32.9 Å². The molecule has 1 amide bonds. The fraction of sp³-hybridized carbons (Fsp3) is 0.421. The zero-order valence-electron chi connectivity index (χ0n) is 14.8. The average molecular weight is 330 g/mol. The minimum absolute atomic E-state index is 0.118. The molecule has 0 aliphatic heterocycles. The molecule has 1 heterocycles. The van der Waals surface area contributed by atoms with Gasteiger partial charge in [-0.25, -0.2) is 0 Å². The summed E-state index contributed by atoms with van der Waals surface area (Å²) in [6.45, 7) is 9.08. The van der Waals surface area contributed by atoms with Crippen molar-refractivity contribution in [2.45, 2.75) is 45.7 Å². The molecule has 130 valence electrons. The highest BCUT2D eigenvalue weighted by molar-refractivity contribution is 5.94. The number of carbonyl (C=O) groups is 1. The van der Waals surface area contributed by atoms with Gasteiger partial charge in [0.15, 0.2) is 0 Å². The van der Waals surface area contributed by atoms with E-state index in [0.717, 1.165) is 5.75 Å². The molecule has 0 radical (unpaired) electrons. The first-order valence-electron chi connectivity index (χ1n) is 8.11. The van der Waals surface area contributed by atoms with E-state index in [0.29, 0.717) is 17.9 Å². The Morgan fingerprint density at radius 3 is 2.50 bits per heavy atom. The lowest BCUT2D eigenvalue weighted by molar-refractivity contribution is 0.0926. The van der Waals surface area contributed by atoms with Gasteiger partial charge in [-0.2, -0.15) is 0 Å². The quantitative estimate of drug-likeness (QED) is 0.852. The summed E-state index contributed by atoms with van der Waals surface area (Å²) in [5.74, 6) is 1.18. The molecule has 0 aliphatic rings. The summed E-state index contributed by atoms with van der Waals surface area (Å²) in [6.07, 6.45) is 1.41. The summed E-state index contributed by atoms with van der Waals surface area (Å²) >= 11 is 0. The van der Waals surface area contributed by atoms with Gasteiger partial charge in [0.1, 0.15) is 24.4 Å². The number of ether oxygens (including phenoxy) is 1. The van der Waals surface area contributed by atoms with Gasteiger partial charge in [-0.15, -0.1) is 0 Å². The van der Waals surface area contributed by atoms with Gasteiger partial charge in [0, 0.05) is 0 Å². The smallest absolute Gasteiger partial charge is 0.254 e. The molecule has 2 aromatic rings. The summed E-state index contributed by atoms with van der Waals surface area (Å²) in [6, 6.07) is 9.57. The second-order valence-corrected chi connectivity index (χ2v) is 6.97. The maximum absolute atomic E-state index is 12.1. The first-order chi connectivity index (χ1) is 11.3. The van der Waals surface area contributed by atoms with Crippen LogP contribution in [0, 0.1) is 0 Å². The lowest BCUT2D eigenvalue weighted by Gasteiger charge is -2.19. The molecule has 0 bridgehead atoms. The third-order valence-electron chi connectivity index (χ3n) is 3.71. The van der Waals surface area contributed by atoms with Crippen LogP contribution >= 0.6 is 0 Å². The lowest BCUT2D eigenvalue weighted by Crippen LogP contribution is -2.36. The molecule has 2 rings (SSSR count). The fourth-order valence-corrected chi connectivity index (χ4v) is 2.23. The van der Waals surface area contributed by atoms with Crippen molar-refractivity contribution >= 4 is 5.91 Å². The van der Waals surface area contributed by atoms with Crippen LogP contribution < -0.4 is 15.8 Å². The van der Waals surface area contributed by atoms with Gasteiger partial charge in [-0.05, 0) is 36.1 Å². The van der Waals surface area contributed by atoms with Crippen LogP contribution in [0.15, 0.2) is 41.0 Å². The monoisotopic (exact) mass is 330 g/mol. The summed E-state index contributed by atoms with van der Waals surface area (Å²) in [4.78, 5) is 12.1. The van der Waals surface area contributed by atoms with E-state index in [9.17, 15) is 4.79 Å². The molecule has 0 saturated carbocycles. The van der Waals surface area contributed by atoms with Crippen LogP contribution in [-0.2, 0) is 12.0 Å². The molecular weight excluding hydrogens is 304 g/mol. The van der Waals surface area contributed by atoms with E-state index in [1.165, 1.54) is 11.8 Å². The number of hydrogen-bond donors (Lipinski definition) is 2. The van der Waals surface area contributed by atoms with E-state index in [2.05, 4.69) is 38.2 Å². The normalized spacial score (nSPS) is 12.7. The largest absolute Gasteiger partial charge is 0.491 e. The number of amides is 1.